The van der Waals surface area contributed by atoms with E-state index in [0.717, 1.165) is 55.5 Å². The molecule has 1 aliphatic carbocycles. The molecule has 0 aromatic carbocycles. The van der Waals surface area contributed by atoms with E-state index in [1.807, 2.05) is 22.4 Å². The lowest BCUT2D eigenvalue weighted by molar-refractivity contribution is -0.132. The molecular formula is C20H27N3O2S. The average Bonchev–Trinajstić information content (AvgIpc) is 3.38. The molecule has 1 aliphatic heterocycles. The van der Waals surface area contributed by atoms with Crippen molar-refractivity contribution in [1.82, 2.24) is 15.0 Å². The Bertz CT molecular complexity index is 698. The molecule has 1 saturated heterocycles. The quantitative estimate of drug-likeness (QED) is 0.750. The molecule has 2 aliphatic rings. The lowest BCUT2D eigenvalue weighted by atomic mass is 9.86. The number of likely N-dealkylation sites (tertiary alicyclic amines) is 1. The van der Waals surface area contributed by atoms with Crippen LogP contribution in [0, 0.1) is 5.92 Å². The normalized spacial score (nSPS) is 19.8. The van der Waals surface area contributed by atoms with Crippen molar-refractivity contribution in [2.75, 3.05) is 13.1 Å². The summed E-state index contributed by atoms with van der Waals surface area (Å²) < 4.78 is 5.49. The van der Waals surface area contributed by atoms with Gasteiger partial charge in [-0.25, -0.2) is 0 Å². The molecule has 3 heterocycles. The van der Waals surface area contributed by atoms with E-state index >= 15 is 0 Å². The molecule has 0 N–H and O–H groups in total. The zero-order valence-corrected chi connectivity index (χ0v) is 16.0. The number of thiophene rings is 1. The molecule has 4 rings (SSSR count). The highest BCUT2D eigenvalue weighted by molar-refractivity contribution is 7.13. The standard InChI is InChI=1S/C20H27N3O2S/c24-18(9-8-15-5-2-1-3-6-15)23-12-10-16(11-13-23)20-21-19(22-25-20)17-7-4-14-26-17/h4,7,14-16H,1-3,5-6,8-13H2. The van der Waals surface area contributed by atoms with E-state index < -0.39 is 0 Å². The SMILES string of the molecule is O=C(CCC1CCCCC1)N1CCC(c2nc(-c3cccs3)no2)CC1. The summed E-state index contributed by atoms with van der Waals surface area (Å²) in [6.45, 7) is 1.62. The van der Waals surface area contributed by atoms with Gasteiger partial charge < -0.3 is 9.42 Å². The van der Waals surface area contributed by atoms with Crippen LogP contribution in [0.25, 0.3) is 10.7 Å². The van der Waals surface area contributed by atoms with E-state index in [-0.39, 0.29) is 5.92 Å². The summed E-state index contributed by atoms with van der Waals surface area (Å²) in [7, 11) is 0. The molecular weight excluding hydrogens is 346 g/mol. The third kappa shape index (κ3) is 4.17. The first-order valence-electron chi connectivity index (χ1n) is 9.95. The Kier molecular flexibility index (Phi) is 5.68. The molecule has 1 amide bonds. The lowest BCUT2D eigenvalue weighted by Gasteiger charge is -2.31. The Labute approximate surface area is 158 Å². The number of carbonyl (C=O) groups excluding carboxylic acids is 1. The maximum atomic E-state index is 12.5. The van der Waals surface area contributed by atoms with Gasteiger partial charge in [-0.05, 0) is 36.6 Å². The Morgan fingerprint density at radius 3 is 2.73 bits per heavy atom. The third-order valence-corrected chi connectivity index (χ3v) is 6.74. The van der Waals surface area contributed by atoms with Crippen LogP contribution in [0.15, 0.2) is 22.0 Å². The van der Waals surface area contributed by atoms with Crippen molar-refractivity contribution in [3.63, 3.8) is 0 Å². The minimum atomic E-state index is 0.276. The summed E-state index contributed by atoms with van der Waals surface area (Å²) in [5, 5.41) is 6.13. The first-order chi connectivity index (χ1) is 12.8. The molecule has 0 atom stereocenters. The molecule has 0 radical (unpaired) electrons. The number of amides is 1. The number of piperidine rings is 1. The van der Waals surface area contributed by atoms with Crippen LogP contribution >= 0.6 is 11.3 Å². The van der Waals surface area contributed by atoms with E-state index in [1.54, 1.807) is 11.3 Å². The van der Waals surface area contributed by atoms with Gasteiger partial charge in [0.05, 0.1) is 4.88 Å². The summed E-state index contributed by atoms with van der Waals surface area (Å²) in [4.78, 5) is 20.2. The van der Waals surface area contributed by atoms with Gasteiger partial charge in [-0.3, -0.25) is 4.79 Å². The molecule has 0 spiro atoms. The molecule has 140 valence electrons. The van der Waals surface area contributed by atoms with Crippen molar-refractivity contribution in [2.45, 2.75) is 63.7 Å². The van der Waals surface area contributed by atoms with Crippen molar-refractivity contribution >= 4 is 17.2 Å². The topological polar surface area (TPSA) is 59.2 Å². The van der Waals surface area contributed by atoms with Gasteiger partial charge in [-0.15, -0.1) is 11.3 Å². The van der Waals surface area contributed by atoms with Crippen LogP contribution in [0.1, 0.15) is 69.6 Å². The largest absolute Gasteiger partial charge is 0.343 e. The Hall–Kier alpha value is -1.69. The molecule has 2 fully saturated rings. The van der Waals surface area contributed by atoms with Crippen LogP contribution in [-0.2, 0) is 4.79 Å². The fourth-order valence-electron chi connectivity index (χ4n) is 4.24. The number of nitrogens with zero attached hydrogens (tertiary/aromatic N) is 3. The van der Waals surface area contributed by atoms with Gasteiger partial charge in [0.15, 0.2) is 0 Å². The van der Waals surface area contributed by atoms with Gasteiger partial charge >= 0.3 is 0 Å². The monoisotopic (exact) mass is 373 g/mol. The van der Waals surface area contributed by atoms with Crippen molar-refractivity contribution in [1.29, 1.82) is 0 Å². The van der Waals surface area contributed by atoms with Gasteiger partial charge in [0, 0.05) is 25.4 Å². The summed E-state index contributed by atoms with van der Waals surface area (Å²) in [6, 6.07) is 4.00. The van der Waals surface area contributed by atoms with Gasteiger partial charge in [-0.2, -0.15) is 4.98 Å². The predicted molar refractivity (Wildman–Crippen MR) is 102 cm³/mol. The highest BCUT2D eigenvalue weighted by Gasteiger charge is 2.28. The van der Waals surface area contributed by atoms with E-state index in [4.69, 9.17) is 4.52 Å². The molecule has 0 bridgehead atoms. The van der Waals surface area contributed by atoms with Crippen molar-refractivity contribution in [3.05, 3.63) is 23.4 Å². The molecule has 6 heteroatoms. The van der Waals surface area contributed by atoms with Crippen molar-refractivity contribution in [3.8, 4) is 10.7 Å². The van der Waals surface area contributed by atoms with Gasteiger partial charge in [0.1, 0.15) is 0 Å². The summed E-state index contributed by atoms with van der Waals surface area (Å²) in [5.41, 5.74) is 0. The molecule has 5 nitrogen and oxygen atoms in total. The average molecular weight is 374 g/mol. The number of hydrogen-bond acceptors (Lipinski definition) is 5. The van der Waals surface area contributed by atoms with E-state index in [2.05, 4.69) is 10.1 Å². The molecule has 0 unspecified atom stereocenters. The number of aromatic nitrogens is 2. The predicted octanol–water partition coefficient (Wildman–Crippen LogP) is 4.86. The van der Waals surface area contributed by atoms with E-state index in [9.17, 15) is 4.79 Å². The fraction of sp³-hybridized carbons (Fsp3) is 0.650. The third-order valence-electron chi connectivity index (χ3n) is 5.87. The maximum absolute atomic E-state index is 12.5. The summed E-state index contributed by atoms with van der Waals surface area (Å²) >= 11 is 1.62. The highest BCUT2D eigenvalue weighted by atomic mass is 32.1. The molecule has 26 heavy (non-hydrogen) atoms. The Morgan fingerprint density at radius 1 is 1.19 bits per heavy atom. The zero-order chi connectivity index (χ0) is 17.8. The number of rotatable bonds is 5. The second kappa shape index (κ2) is 8.33. The molecule has 2 aromatic rings. The maximum Gasteiger partial charge on any atom is 0.230 e. The number of hydrogen-bond donors (Lipinski definition) is 0. The van der Waals surface area contributed by atoms with Crippen LogP contribution in [0.5, 0.6) is 0 Å². The van der Waals surface area contributed by atoms with Gasteiger partial charge in [0.2, 0.25) is 17.6 Å². The Balaban J connectivity index is 1.25. The molecule has 2 aromatic heterocycles. The second-order valence-electron chi connectivity index (χ2n) is 7.63. The smallest absolute Gasteiger partial charge is 0.230 e. The fourth-order valence-corrected chi connectivity index (χ4v) is 4.89. The minimum absolute atomic E-state index is 0.276. The zero-order valence-electron chi connectivity index (χ0n) is 15.2. The first-order valence-corrected chi connectivity index (χ1v) is 10.8. The summed E-state index contributed by atoms with van der Waals surface area (Å²) in [6.07, 6.45) is 10.3. The van der Waals surface area contributed by atoms with Crippen LogP contribution in [0.4, 0.5) is 0 Å². The van der Waals surface area contributed by atoms with Gasteiger partial charge in [0.25, 0.3) is 0 Å². The van der Waals surface area contributed by atoms with Crippen molar-refractivity contribution < 1.29 is 9.32 Å². The van der Waals surface area contributed by atoms with Crippen LogP contribution < -0.4 is 0 Å². The summed E-state index contributed by atoms with van der Waals surface area (Å²) in [5.74, 6) is 2.79. The first kappa shape index (κ1) is 17.7. The second-order valence-corrected chi connectivity index (χ2v) is 8.58. The van der Waals surface area contributed by atoms with Crippen molar-refractivity contribution in [2.24, 2.45) is 5.92 Å². The van der Waals surface area contributed by atoms with Crippen LogP contribution in [-0.4, -0.2) is 34.0 Å². The minimum Gasteiger partial charge on any atom is -0.343 e. The highest BCUT2D eigenvalue weighted by Crippen LogP contribution is 2.31. The number of carbonyl (C=O) groups is 1. The molecule has 1 saturated carbocycles. The van der Waals surface area contributed by atoms with Crippen LogP contribution in [0.2, 0.25) is 0 Å². The van der Waals surface area contributed by atoms with Gasteiger partial charge in [-0.1, -0.05) is 43.3 Å². The lowest BCUT2D eigenvalue weighted by Crippen LogP contribution is -2.38. The Morgan fingerprint density at radius 2 is 2.00 bits per heavy atom. The van der Waals surface area contributed by atoms with E-state index in [0.29, 0.717) is 11.7 Å². The van der Waals surface area contributed by atoms with E-state index in [1.165, 1.54) is 32.1 Å². The van der Waals surface area contributed by atoms with Crippen LogP contribution in [0.3, 0.4) is 0 Å².